The summed E-state index contributed by atoms with van der Waals surface area (Å²) in [5.41, 5.74) is 11.1. The minimum Gasteiger partial charge on any atom is -0.398 e. The maximum Gasteiger partial charge on any atom is 0.265 e. The lowest BCUT2D eigenvalue weighted by Crippen LogP contribution is -2.53. The molecule has 0 saturated heterocycles. The lowest BCUT2D eigenvalue weighted by molar-refractivity contribution is -0.750. The zero-order valence-electron chi connectivity index (χ0n) is 15.5. The van der Waals surface area contributed by atoms with E-state index in [2.05, 4.69) is 4.99 Å². The van der Waals surface area contributed by atoms with Crippen molar-refractivity contribution in [2.75, 3.05) is 5.73 Å². The van der Waals surface area contributed by atoms with Gasteiger partial charge in [-0.2, -0.15) is 10.8 Å². The van der Waals surface area contributed by atoms with Crippen molar-refractivity contribution in [2.45, 2.75) is 0 Å². The Morgan fingerprint density at radius 2 is 1.86 bits per heavy atom. The number of benzene rings is 2. The van der Waals surface area contributed by atoms with Gasteiger partial charge in [-0.3, -0.25) is 9.79 Å². The van der Waals surface area contributed by atoms with Crippen molar-refractivity contribution in [3.8, 4) is 0 Å². The third-order valence-corrected chi connectivity index (χ3v) is 5.21. The quantitative estimate of drug-likeness (QED) is 0.369. The molecule has 2 aromatic rings. The monoisotopic (exact) mass is 380 g/mol. The summed E-state index contributed by atoms with van der Waals surface area (Å²) < 4.78 is -0.0879. The van der Waals surface area contributed by atoms with Crippen molar-refractivity contribution in [3.05, 3.63) is 113 Å². The number of amidine groups is 1. The predicted octanol–water partition coefficient (Wildman–Crippen LogP) is 3.21. The van der Waals surface area contributed by atoms with Gasteiger partial charge in [-0.15, -0.1) is 4.59 Å². The van der Waals surface area contributed by atoms with Gasteiger partial charge in [0.05, 0.1) is 18.0 Å². The summed E-state index contributed by atoms with van der Waals surface area (Å²) in [6.07, 6.45) is 11.1. The highest BCUT2D eigenvalue weighted by Crippen LogP contribution is 2.36. The smallest absolute Gasteiger partial charge is 0.265 e. The highest BCUT2D eigenvalue weighted by Gasteiger charge is 2.44. The van der Waals surface area contributed by atoms with Crippen molar-refractivity contribution in [1.29, 1.82) is 0 Å². The molecule has 0 radical (unpaired) electrons. The Labute approximate surface area is 167 Å². The molecule has 0 saturated carbocycles. The van der Waals surface area contributed by atoms with Crippen LogP contribution in [-0.4, -0.2) is 22.4 Å². The van der Waals surface area contributed by atoms with Crippen molar-refractivity contribution in [2.24, 2.45) is 15.8 Å². The molecule has 3 aliphatic rings. The summed E-state index contributed by atoms with van der Waals surface area (Å²) in [6.45, 7) is 0. The topological polar surface area (TPSA) is 93.8 Å². The van der Waals surface area contributed by atoms with Crippen LogP contribution in [0.5, 0.6) is 0 Å². The second-order valence-electron chi connectivity index (χ2n) is 7.00. The van der Waals surface area contributed by atoms with Gasteiger partial charge in [-0.05, 0) is 18.2 Å². The molecule has 140 valence electrons. The third-order valence-electron chi connectivity index (χ3n) is 5.21. The van der Waals surface area contributed by atoms with E-state index in [1.807, 2.05) is 42.5 Å². The molecule has 29 heavy (non-hydrogen) atoms. The van der Waals surface area contributed by atoms with Crippen LogP contribution in [0.2, 0.25) is 0 Å². The molecule has 2 aliphatic heterocycles. The number of hydrogen-bond donors (Lipinski definition) is 2. The molecule has 0 aromatic heterocycles. The van der Waals surface area contributed by atoms with E-state index in [-0.39, 0.29) is 10.4 Å². The third kappa shape index (κ3) is 2.62. The molecule has 0 fully saturated rings. The van der Waals surface area contributed by atoms with Crippen LogP contribution < -0.4 is 11.6 Å². The van der Waals surface area contributed by atoms with E-state index < -0.39 is 0 Å². The second kappa shape index (κ2) is 6.34. The van der Waals surface area contributed by atoms with Crippen LogP contribution in [0, 0.1) is 0 Å². The number of nitrogens with zero attached hydrogens (tertiary/aromatic N) is 3. The first-order chi connectivity index (χ1) is 14.1. The first-order valence-electron chi connectivity index (χ1n) is 9.18. The summed E-state index contributed by atoms with van der Waals surface area (Å²) in [5.74, 6) is 7.21. The van der Waals surface area contributed by atoms with Gasteiger partial charge in [0.2, 0.25) is 5.70 Å². The zero-order valence-corrected chi connectivity index (χ0v) is 15.5. The van der Waals surface area contributed by atoms with Gasteiger partial charge >= 0.3 is 0 Å². The Kier molecular flexibility index (Phi) is 3.77. The molecule has 2 aromatic carbocycles. The molecule has 0 spiro atoms. The van der Waals surface area contributed by atoms with Crippen LogP contribution in [-0.2, 0) is 0 Å². The number of carbonyl (C=O) groups excluding carboxylic acids is 1. The van der Waals surface area contributed by atoms with E-state index in [4.69, 9.17) is 16.6 Å². The number of ketones is 1. The lowest BCUT2D eigenvalue weighted by Gasteiger charge is -2.26. The summed E-state index contributed by atoms with van der Waals surface area (Å²) >= 11 is 0. The van der Waals surface area contributed by atoms with Crippen LogP contribution in [0.25, 0.3) is 0 Å². The number of carbonyl (C=O) groups is 1. The number of quaternary nitrogens is 1. The molecule has 0 amide bonds. The molecule has 1 atom stereocenters. The van der Waals surface area contributed by atoms with Crippen LogP contribution in [0.3, 0.4) is 0 Å². The average Bonchev–Trinajstić information content (AvgIpc) is 3.00. The Balaban J connectivity index is 1.55. The van der Waals surface area contributed by atoms with E-state index >= 15 is 0 Å². The number of anilines is 1. The Morgan fingerprint density at radius 1 is 1.07 bits per heavy atom. The number of fused-ring (bicyclic) bond motifs is 1. The van der Waals surface area contributed by atoms with Crippen LogP contribution in [0.4, 0.5) is 5.69 Å². The largest absolute Gasteiger partial charge is 0.398 e. The molecule has 1 unspecified atom stereocenters. The summed E-state index contributed by atoms with van der Waals surface area (Å²) in [7, 11) is 0. The zero-order chi connectivity index (χ0) is 20.0. The molecule has 1 aliphatic carbocycles. The van der Waals surface area contributed by atoms with Crippen LogP contribution in [0.15, 0.2) is 106 Å². The first-order valence-corrected chi connectivity index (χ1v) is 9.18. The maximum atomic E-state index is 12.8. The van der Waals surface area contributed by atoms with E-state index in [0.29, 0.717) is 22.6 Å². The lowest BCUT2D eigenvalue weighted by atomic mass is 9.99. The normalized spacial score (nSPS) is 21.6. The Hall–Kier alpha value is -3.87. The van der Waals surface area contributed by atoms with Gasteiger partial charge in [0.15, 0.2) is 5.78 Å². The number of nitrogens with two attached hydrogens (primary N) is 2. The van der Waals surface area contributed by atoms with Gasteiger partial charge in [0.1, 0.15) is 11.9 Å². The standard InChI is InChI=1S/C23H17N5O/c24-19-13-17(9-10-18(19)22(29)16-5-2-1-3-6-16)23-27-21(15-7-4-8-15)20-14-26-11-12-28(20,23)25/h1-14H,25H2,(H-,24,29)/p+1. The van der Waals surface area contributed by atoms with Gasteiger partial charge in [0.25, 0.3) is 5.84 Å². The van der Waals surface area contributed by atoms with Gasteiger partial charge < -0.3 is 5.73 Å². The van der Waals surface area contributed by atoms with E-state index in [1.54, 1.807) is 42.9 Å². The van der Waals surface area contributed by atoms with Gasteiger partial charge in [0, 0.05) is 22.4 Å². The molecule has 6 nitrogen and oxygen atoms in total. The van der Waals surface area contributed by atoms with Gasteiger partial charge in [-0.1, -0.05) is 48.6 Å². The molecule has 2 heterocycles. The van der Waals surface area contributed by atoms with Crippen molar-refractivity contribution in [1.82, 2.24) is 0 Å². The van der Waals surface area contributed by atoms with E-state index in [9.17, 15) is 4.79 Å². The first kappa shape index (κ1) is 17.2. The Bertz CT molecular complexity index is 1230. The maximum absolute atomic E-state index is 12.8. The number of nitrogen functional groups attached to an aromatic ring is 1. The fourth-order valence-corrected chi connectivity index (χ4v) is 3.59. The second-order valence-corrected chi connectivity index (χ2v) is 7.00. The highest BCUT2D eigenvalue weighted by molar-refractivity contribution is 6.13. The summed E-state index contributed by atoms with van der Waals surface area (Å²) in [6, 6.07) is 14.4. The minimum atomic E-state index is -0.117. The Morgan fingerprint density at radius 3 is 2.55 bits per heavy atom. The predicted molar refractivity (Wildman–Crippen MR) is 114 cm³/mol. The highest BCUT2D eigenvalue weighted by atomic mass is 16.1. The fourth-order valence-electron chi connectivity index (χ4n) is 3.59. The van der Waals surface area contributed by atoms with Crippen molar-refractivity contribution >= 4 is 23.5 Å². The average molecular weight is 380 g/mol. The molecule has 6 heteroatoms. The van der Waals surface area contributed by atoms with Gasteiger partial charge in [-0.25, -0.2) is 0 Å². The molecule has 5 rings (SSSR count). The van der Waals surface area contributed by atoms with Crippen molar-refractivity contribution < 1.29 is 9.39 Å². The van der Waals surface area contributed by atoms with E-state index in [1.165, 1.54) is 0 Å². The van der Waals surface area contributed by atoms with Crippen molar-refractivity contribution in [3.63, 3.8) is 0 Å². The van der Waals surface area contributed by atoms with E-state index in [0.717, 1.165) is 22.5 Å². The minimum absolute atomic E-state index is 0.0879. The summed E-state index contributed by atoms with van der Waals surface area (Å²) in [4.78, 5) is 21.8. The number of allylic oxidation sites excluding steroid dienone is 4. The number of hydrogen-bond acceptors (Lipinski definition) is 5. The number of rotatable bonds is 4. The fraction of sp³-hybridized carbons (Fsp3) is 0. The van der Waals surface area contributed by atoms with Crippen LogP contribution in [0.1, 0.15) is 21.5 Å². The number of aliphatic imine (C=N–C) groups is 2. The summed E-state index contributed by atoms with van der Waals surface area (Å²) in [5, 5.41) is 0. The molecular weight excluding hydrogens is 362 g/mol. The SMILES string of the molecule is Nc1cc(C2=NC(C3=CC=C3)=C3C=NC=C[N+]23N)ccc1C(=O)c1ccccc1. The molecule has 0 bridgehead atoms. The molecular formula is C23H18N5O+. The van der Waals surface area contributed by atoms with Crippen LogP contribution >= 0.6 is 0 Å². The molecule has 4 N–H and O–H groups in total.